The van der Waals surface area contributed by atoms with Crippen LogP contribution >= 0.6 is 0 Å². The Balaban J connectivity index is 2.34. The van der Waals surface area contributed by atoms with Crippen molar-refractivity contribution in [3.05, 3.63) is 29.3 Å². The first-order chi connectivity index (χ1) is 8.91. The van der Waals surface area contributed by atoms with E-state index in [1.807, 2.05) is 0 Å². The van der Waals surface area contributed by atoms with Crippen molar-refractivity contribution in [2.45, 2.75) is 13.0 Å². The second-order valence-corrected chi connectivity index (χ2v) is 4.32. The van der Waals surface area contributed by atoms with Gasteiger partial charge in [0.15, 0.2) is 0 Å². The quantitative estimate of drug-likeness (QED) is 0.729. The number of nitrogens with one attached hydrogen (secondary N) is 1. The summed E-state index contributed by atoms with van der Waals surface area (Å²) in [6.45, 7) is 2.10. The maximum atomic E-state index is 13.6. The number of rotatable bonds is 1. The zero-order valence-corrected chi connectivity index (χ0v) is 10.2. The Morgan fingerprint density at radius 1 is 1.42 bits per heavy atom. The molecule has 1 unspecified atom stereocenters. The predicted molar refractivity (Wildman–Crippen MR) is 64.3 cm³/mol. The smallest absolute Gasteiger partial charge is 0.257 e. The summed E-state index contributed by atoms with van der Waals surface area (Å²) in [6.07, 6.45) is 0. The van der Waals surface area contributed by atoms with Crippen LogP contribution in [0.5, 0.6) is 0 Å². The summed E-state index contributed by atoms with van der Waals surface area (Å²) in [5.74, 6) is -2.89. The maximum absolute atomic E-state index is 13.6. The van der Waals surface area contributed by atoms with Gasteiger partial charge in [-0.2, -0.15) is 0 Å². The van der Waals surface area contributed by atoms with Gasteiger partial charge in [-0.1, -0.05) is 0 Å². The van der Waals surface area contributed by atoms with Crippen LogP contribution in [-0.4, -0.2) is 35.8 Å². The first kappa shape index (κ1) is 13.3. The molecule has 19 heavy (non-hydrogen) atoms. The number of halogens is 2. The van der Waals surface area contributed by atoms with Gasteiger partial charge in [0.2, 0.25) is 5.91 Å². The summed E-state index contributed by atoms with van der Waals surface area (Å²) in [6, 6.07) is 0.815. The van der Waals surface area contributed by atoms with Gasteiger partial charge in [-0.25, -0.2) is 8.78 Å². The number of amides is 2. The first-order valence-electron chi connectivity index (χ1n) is 5.75. The number of carbonyl (C=O) groups excluding carboxylic acids is 2. The van der Waals surface area contributed by atoms with Gasteiger partial charge in [-0.15, -0.1) is 0 Å². The number of nitrogens with zero attached hydrogens (tertiary/aromatic N) is 1. The van der Waals surface area contributed by atoms with E-state index in [4.69, 9.17) is 5.73 Å². The zero-order chi connectivity index (χ0) is 14.2. The molecule has 1 aliphatic rings. The lowest BCUT2D eigenvalue weighted by molar-refractivity contribution is -0.127. The van der Waals surface area contributed by atoms with Gasteiger partial charge in [0, 0.05) is 19.2 Å². The highest BCUT2D eigenvalue weighted by atomic mass is 19.1. The molecule has 1 fully saturated rings. The summed E-state index contributed by atoms with van der Waals surface area (Å²) in [4.78, 5) is 24.9. The van der Waals surface area contributed by atoms with Crippen LogP contribution in [0.15, 0.2) is 12.1 Å². The number of hydrogen-bond acceptors (Lipinski definition) is 3. The third-order valence-corrected chi connectivity index (χ3v) is 3.08. The van der Waals surface area contributed by atoms with E-state index >= 15 is 0 Å². The Bertz CT molecular complexity index is 548. The summed E-state index contributed by atoms with van der Waals surface area (Å²) >= 11 is 0. The monoisotopic (exact) mass is 269 g/mol. The maximum Gasteiger partial charge on any atom is 0.257 e. The number of nitrogens with two attached hydrogens (primary N) is 1. The van der Waals surface area contributed by atoms with Crippen molar-refractivity contribution in [1.82, 2.24) is 10.2 Å². The number of hydrogen-bond donors (Lipinski definition) is 2. The van der Waals surface area contributed by atoms with Gasteiger partial charge in [-0.05, 0) is 13.0 Å². The highest BCUT2D eigenvalue weighted by Gasteiger charge is 2.31. The van der Waals surface area contributed by atoms with E-state index in [1.165, 1.54) is 11.8 Å². The molecule has 0 radical (unpaired) electrons. The minimum atomic E-state index is -0.991. The second kappa shape index (κ2) is 4.83. The van der Waals surface area contributed by atoms with Crippen LogP contribution in [0.2, 0.25) is 0 Å². The third kappa shape index (κ3) is 2.35. The number of nitrogen functional groups attached to an aromatic ring is 1. The van der Waals surface area contributed by atoms with Crippen molar-refractivity contribution >= 4 is 17.5 Å². The summed E-state index contributed by atoms with van der Waals surface area (Å²) < 4.78 is 26.7. The standard InChI is InChI=1S/C12H13F2N3O2/c1-6-11(18)16-2-3-17(6)12(19)7-4-10(15)9(14)5-8(7)13/h4-6H,2-3,15H2,1H3,(H,16,18). The molecular weight excluding hydrogens is 256 g/mol. The minimum absolute atomic E-state index is 0.266. The van der Waals surface area contributed by atoms with Crippen LogP contribution in [0.25, 0.3) is 0 Å². The van der Waals surface area contributed by atoms with Crippen LogP contribution < -0.4 is 11.1 Å². The lowest BCUT2D eigenvalue weighted by Crippen LogP contribution is -2.55. The average Bonchev–Trinajstić information content (AvgIpc) is 2.36. The highest BCUT2D eigenvalue weighted by molar-refractivity contribution is 5.98. The second-order valence-electron chi connectivity index (χ2n) is 4.32. The van der Waals surface area contributed by atoms with E-state index in [0.29, 0.717) is 12.6 Å². The van der Waals surface area contributed by atoms with Crippen LogP contribution in [0.1, 0.15) is 17.3 Å². The first-order valence-corrected chi connectivity index (χ1v) is 5.75. The van der Waals surface area contributed by atoms with Crippen molar-refractivity contribution in [2.24, 2.45) is 0 Å². The van der Waals surface area contributed by atoms with E-state index in [2.05, 4.69) is 5.32 Å². The van der Waals surface area contributed by atoms with Gasteiger partial charge >= 0.3 is 0 Å². The Kier molecular flexibility index (Phi) is 3.37. The third-order valence-electron chi connectivity index (χ3n) is 3.08. The molecule has 1 saturated heterocycles. The molecule has 5 nitrogen and oxygen atoms in total. The van der Waals surface area contributed by atoms with Crippen LogP contribution in [0.4, 0.5) is 14.5 Å². The van der Waals surface area contributed by atoms with Gasteiger partial charge in [0.25, 0.3) is 5.91 Å². The minimum Gasteiger partial charge on any atom is -0.396 e. The number of benzene rings is 1. The molecule has 1 atom stereocenters. The molecule has 1 heterocycles. The van der Waals surface area contributed by atoms with E-state index in [1.54, 1.807) is 0 Å². The Labute approximate surface area is 108 Å². The fraction of sp³-hybridized carbons (Fsp3) is 0.333. The average molecular weight is 269 g/mol. The normalized spacial score (nSPS) is 19.2. The van der Waals surface area contributed by atoms with Gasteiger partial charge < -0.3 is 16.0 Å². The van der Waals surface area contributed by atoms with Gasteiger partial charge in [-0.3, -0.25) is 9.59 Å². The highest BCUT2D eigenvalue weighted by Crippen LogP contribution is 2.19. The van der Waals surface area contributed by atoms with Gasteiger partial charge in [0.1, 0.15) is 17.7 Å². The molecule has 7 heteroatoms. The summed E-state index contributed by atoms with van der Waals surface area (Å²) in [7, 11) is 0. The number of carbonyl (C=O) groups is 2. The van der Waals surface area contributed by atoms with Crippen molar-refractivity contribution in [3.63, 3.8) is 0 Å². The molecule has 3 N–H and O–H groups in total. The molecule has 0 aromatic heterocycles. The van der Waals surface area contributed by atoms with E-state index in [9.17, 15) is 18.4 Å². The van der Waals surface area contributed by atoms with Crippen LogP contribution in [0, 0.1) is 11.6 Å². The van der Waals surface area contributed by atoms with Crippen molar-refractivity contribution in [2.75, 3.05) is 18.8 Å². The number of piperazine rings is 1. The lowest BCUT2D eigenvalue weighted by atomic mass is 10.1. The van der Waals surface area contributed by atoms with Crippen molar-refractivity contribution in [3.8, 4) is 0 Å². The van der Waals surface area contributed by atoms with Crippen LogP contribution in [0.3, 0.4) is 0 Å². The molecule has 0 aliphatic carbocycles. The SMILES string of the molecule is CC1C(=O)NCCN1C(=O)c1cc(N)c(F)cc1F. The molecule has 0 bridgehead atoms. The Hall–Kier alpha value is -2.18. The molecule has 0 spiro atoms. The molecule has 2 amide bonds. The largest absolute Gasteiger partial charge is 0.396 e. The summed E-state index contributed by atoms with van der Waals surface area (Å²) in [5, 5.41) is 2.59. The summed E-state index contributed by atoms with van der Waals surface area (Å²) in [5.41, 5.74) is 4.69. The lowest BCUT2D eigenvalue weighted by Gasteiger charge is -2.32. The molecule has 1 aliphatic heterocycles. The van der Waals surface area contributed by atoms with Gasteiger partial charge in [0.05, 0.1) is 11.3 Å². The molecule has 2 rings (SSSR count). The van der Waals surface area contributed by atoms with E-state index < -0.39 is 23.6 Å². The van der Waals surface area contributed by atoms with Crippen molar-refractivity contribution < 1.29 is 18.4 Å². The Morgan fingerprint density at radius 2 is 2.11 bits per heavy atom. The van der Waals surface area contributed by atoms with E-state index in [0.717, 1.165) is 6.07 Å². The zero-order valence-electron chi connectivity index (χ0n) is 10.2. The number of anilines is 1. The predicted octanol–water partition coefficient (Wildman–Crippen LogP) is 0.507. The molecule has 1 aromatic rings. The molecule has 0 saturated carbocycles. The fourth-order valence-corrected chi connectivity index (χ4v) is 1.94. The van der Waals surface area contributed by atoms with Crippen molar-refractivity contribution in [1.29, 1.82) is 0 Å². The molecule has 1 aromatic carbocycles. The fourth-order valence-electron chi connectivity index (χ4n) is 1.94. The topological polar surface area (TPSA) is 75.4 Å². The molecular formula is C12H13F2N3O2. The Morgan fingerprint density at radius 3 is 2.79 bits per heavy atom. The van der Waals surface area contributed by atoms with E-state index in [-0.39, 0.29) is 23.7 Å². The van der Waals surface area contributed by atoms with Crippen LogP contribution in [-0.2, 0) is 4.79 Å². The molecule has 102 valence electrons.